The van der Waals surface area contributed by atoms with Gasteiger partial charge in [-0.2, -0.15) is 0 Å². The van der Waals surface area contributed by atoms with Crippen LogP contribution < -0.4 is 5.73 Å². The second-order valence-electron chi connectivity index (χ2n) is 7.62. The van der Waals surface area contributed by atoms with E-state index in [-0.39, 0.29) is 22.6 Å². The van der Waals surface area contributed by atoms with Gasteiger partial charge in [0.15, 0.2) is 0 Å². The van der Waals surface area contributed by atoms with Crippen molar-refractivity contribution in [2.45, 2.75) is 76.5 Å². The fraction of sp³-hybridized carbons (Fsp3) is 0.933. The van der Waals surface area contributed by atoms with Crippen LogP contribution in [0.1, 0.15) is 59.8 Å². The second-order valence-corrected chi connectivity index (χ2v) is 7.62. The lowest BCUT2D eigenvalue weighted by Gasteiger charge is -2.47. The summed E-state index contributed by atoms with van der Waals surface area (Å²) in [5.41, 5.74) is 5.50. The summed E-state index contributed by atoms with van der Waals surface area (Å²) in [5, 5.41) is 0. The molecule has 2 aliphatic rings. The van der Waals surface area contributed by atoms with Gasteiger partial charge in [-0.05, 0) is 40.5 Å². The molecule has 0 aromatic rings. The third-order valence-electron chi connectivity index (χ3n) is 4.15. The third-order valence-corrected chi connectivity index (χ3v) is 4.15. The molecule has 2 N–H and O–H groups in total. The van der Waals surface area contributed by atoms with Crippen LogP contribution >= 0.6 is 0 Å². The van der Waals surface area contributed by atoms with Crippen LogP contribution in [0.2, 0.25) is 0 Å². The summed E-state index contributed by atoms with van der Waals surface area (Å²) in [6.45, 7) is 9.49. The quantitative estimate of drug-likeness (QED) is 0.834. The van der Waals surface area contributed by atoms with Crippen LogP contribution in [0.5, 0.6) is 0 Å². The Balaban J connectivity index is 2.02. The smallest absolute Gasteiger partial charge is 0.224 e. The highest BCUT2D eigenvalue weighted by molar-refractivity contribution is 5.77. The summed E-state index contributed by atoms with van der Waals surface area (Å²) >= 11 is 0. The predicted octanol–water partition coefficient (Wildman–Crippen LogP) is 2.06. The molecule has 0 aromatic heterocycles. The van der Waals surface area contributed by atoms with Crippen LogP contribution in [-0.4, -0.2) is 40.6 Å². The molecule has 0 atom stereocenters. The van der Waals surface area contributed by atoms with E-state index in [1.165, 1.54) is 0 Å². The van der Waals surface area contributed by atoms with Crippen molar-refractivity contribution in [3.8, 4) is 0 Å². The minimum Gasteiger partial charge on any atom is -0.366 e. The Hall–Kier alpha value is -0.610. The molecule has 1 amide bonds. The normalized spacial score (nSPS) is 28.4. The van der Waals surface area contributed by atoms with E-state index in [9.17, 15) is 4.79 Å². The van der Waals surface area contributed by atoms with Gasteiger partial charge >= 0.3 is 0 Å². The summed E-state index contributed by atoms with van der Waals surface area (Å²) in [6, 6.07) is 0. The van der Waals surface area contributed by atoms with E-state index in [4.69, 9.17) is 10.5 Å². The number of carbonyl (C=O) groups is 1. The Bertz CT molecular complexity index is 341. The molecule has 1 heterocycles. The molecule has 0 radical (unpaired) electrons. The highest BCUT2D eigenvalue weighted by atomic mass is 16.5. The summed E-state index contributed by atoms with van der Waals surface area (Å²) in [6.07, 6.45) is 4.76. The third kappa shape index (κ3) is 3.69. The molecule has 0 aromatic carbocycles. The fourth-order valence-corrected chi connectivity index (χ4v) is 3.63. The first-order valence-electron chi connectivity index (χ1n) is 7.38. The highest BCUT2D eigenvalue weighted by Gasteiger charge is 2.41. The van der Waals surface area contributed by atoms with Gasteiger partial charge in [-0.3, -0.25) is 4.79 Å². The van der Waals surface area contributed by atoms with E-state index < -0.39 is 0 Å². The topological polar surface area (TPSA) is 55.6 Å². The summed E-state index contributed by atoms with van der Waals surface area (Å²) in [7, 11) is 0. The number of nitrogens with two attached hydrogens (primary N) is 1. The van der Waals surface area contributed by atoms with E-state index in [1.54, 1.807) is 0 Å². The Morgan fingerprint density at radius 3 is 2.05 bits per heavy atom. The Morgan fingerprint density at radius 2 is 1.58 bits per heavy atom. The molecule has 19 heavy (non-hydrogen) atoms. The van der Waals surface area contributed by atoms with Gasteiger partial charge in [-0.25, -0.2) is 0 Å². The van der Waals surface area contributed by atoms with E-state index >= 15 is 0 Å². The first-order chi connectivity index (χ1) is 8.61. The van der Waals surface area contributed by atoms with Gasteiger partial charge in [0, 0.05) is 25.0 Å². The molecule has 0 bridgehead atoms. The lowest BCUT2D eigenvalue weighted by Crippen LogP contribution is -2.59. The van der Waals surface area contributed by atoms with Crippen molar-refractivity contribution in [3.63, 3.8) is 0 Å². The maximum absolute atomic E-state index is 12.5. The summed E-state index contributed by atoms with van der Waals surface area (Å²) < 4.78 is 6.01. The molecule has 0 spiro atoms. The molecular formula is C15H28N2O2. The lowest BCUT2D eigenvalue weighted by molar-refractivity contribution is -0.188. The van der Waals surface area contributed by atoms with Gasteiger partial charge in [0.05, 0.1) is 11.2 Å². The van der Waals surface area contributed by atoms with Crippen molar-refractivity contribution in [1.82, 2.24) is 4.90 Å². The van der Waals surface area contributed by atoms with E-state index in [2.05, 4.69) is 0 Å². The fourth-order valence-electron chi connectivity index (χ4n) is 3.63. The van der Waals surface area contributed by atoms with Gasteiger partial charge in [-0.1, -0.05) is 12.8 Å². The van der Waals surface area contributed by atoms with E-state index in [1.807, 2.05) is 32.6 Å². The predicted molar refractivity (Wildman–Crippen MR) is 75.8 cm³/mol. The van der Waals surface area contributed by atoms with Crippen molar-refractivity contribution in [3.05, 3.63) is 0 Å². The molecule has 2 fully saturated rings. The van der Waals surface area contributed by atoms with Crippen LogP contribution in [0.15, 0.2) is 0 Å². The monoisotopic (exact) mass is 268 g/mol. The standard InChI is InChI=1S/C15H28N2O2/c1-13(2)10-17(11-14(3,4)19-13)12(18)9-15(16)7-5-6-8-15/h5-11,16H2,1-4H3. The van der Waals surface area contributed by atoms with Crippen LogP contribution in [0.3, 0.4) is 0 Å². The van der Waals surface area contributed by atoms with Crippen molar-refractivity contribution >= 4 is 5.91 Å². The first-order valence-corrected chi connectivity index (χ1v) is 7.38. The van der Waals surface area contributed by atoms with Crippen LogP contribution in [-0.2, 0) is 9.53 Å². The molecule has 4 nitrogen and oxygen atoms in total. The number of amides is 1. The first kappa shape index (κ1) is 14.8. The van der Waals surface area contributed by atoms with E-state index in [0.29, 0.717) is 19.5 Å². The maximum Gasteiger partial charge on any atom is 0.224 e. The number of hydrogen-bond acceptors (Lipinski definition) is 3. The molecule has 1 saturated heterocycles. The van der Waals surface area contributed by atoms with Crippen molar-refractivity contribution in [2.24, 2.45) is 5.73 Å². The highest BCUT2D eigenvalue weighted by Crippen LogP contribution is 2.33. The van der Waals surface area contributed by atoms with Crippen LogP contribution in [0.25, 0.3) is 0 Å². The molecule has 4 heteroatoms. The molecule has 1 saturated carbocycles. The van der Waals surface area contributed by atoms with Gasteiger partial charge in [-0.15, -0.1) is 0 Å². The molecule has 110 valence electrons. The molecule has 0 unspecified atom stereocenters. The van der Waals surface area contributed by atoms with Gasteiger partial charge < -0.3 is 15.4 Å². The molecule has 1 aliphatic carbocycles. The molecular weight excluding hydrogens is 240 g/mol. The minimum absolute atomic E-state index is 0.189. The molecule has 2 rings (SSSR count). The van der Waals surface area contributed by atoms with Gasteiger partial charge in [0.25, 0.3) is 0 Å². The number of ether oxygens (including phenoxy) is 1. The summed E-state index contributed by atoms with van der Waals surface area (Å²) in [4.78, 5) is 14.5. The van der Waals surface area contributed by atoms with Crippen LogP contribution in [0.4, 0.5) is 0 Å². The van der Waals surface area contributed by atoms with Crippen LogP contribution in [0, 0.1) is 0 Å². The van der Waals surface area contributed by atoms with Gasteiger partial charge in [0.1, 0.15) is 0 Å². The van der Waals surface area contributed by atoms with Gasteiger partial charge in [0.2, 0.25) is 5.91 Å². The number of nitrogens with zero attached hydrogens (tertiary/aromatic N) is 1. The second kappa shape index (κ2) is 4.74. The average Bonchev–Trinajstić information content (AvgIpc) is 2.60. The zero-order chi connectivity index (χ0) is 14.3. The van der Waals surface area contributed by atoms with Crippen molar-refractivity contribution in [2.75, 3.05) is 13.1 Å². The Labute approximate surface area is 116 Å². The number of hydrogen-bond donors (Lipinski definition) is 1. The maximum atomic E-state index is 12.5. The van der Waals surface area contributed by atoms with Crippen molar-refractivity contribution in [1.29, 1.82) is 0 Å². The van der Waals surface area contributed by atoms with Crippen molar-refractivity contribution < 1.29 is 9.53 Å². The average molecular weight is 268 g/mol. The zero-order valence-electron chi connectivity index (χ0n) is 12.8. The zero-order valence-corrected chi connectivity index (χ0v) is 12.8. The largest absolute Gasteiger partial charge is 0.366 e. The molecule has 1 aliphatic heterocycles. The van der Waals surface area contributed by atoms with E-state index in [0.717, 1.165) is 25.7 Å². The Morgan fingerprint density at radius 1 is 1.11 bits per heavy atom. The Kier molecular flexibility index (Phi) is 3.69. The summed E-state index contributed by atoms with van der Waals surface area (Å²) in [5.74, 6) is 0.189. The lowest BCUT2D eigenvalue weighted by atomic mass is 9.92. The minimum atomic E-state index is -0.283. The SMILES string of the molecule is CC1(C)CN(C(=O)CC2(N)CCCC2)CC(C)(C)O1. The number of rotatable bonds is 2. The number of carbonyl (C=O) groups excluding carboxylic acids is 1. The number of morpholine rings is 1.